The molecule has 30 heavy (non-hydrogen) atoms. The van der Waals surface area contributed by atoms with Gasteiger partial charge in [0.05, 0.1) is 16.3 Å². The summed E-state index contributed by atoms with van der Waals surface area (Å²) < 4.78 is 50.0. The molecule has 4 rings (SSSR count). The van der Waals surface area contributed by atoms with Crippen molar-refractivity contribution in [3.8, 4) is 11.5 Å². The van der Waals surface area contributed by atoms with Gasteiger partial charge in [0, 0.05) is 11.8 Å². The van der Waals surface area contributed by atoms with Gasteiger partial charge < -0.3 is 25.8 Å². The van der Waals surface area contributed by atoms with Gasteiger partial charge in [0.1, 0.15) is 25.2 Å². The number of hydrogen-bond acceptors (Lipinski definition) is 7. The molecule has 0 radical (unpaired) electrons. The van der Waals surface area contributed by atoms with Crippen LogP contribution in [0.1, 0.15) is 5.56 Å². The lowest BCUT2D eigenvalue weighted by Crippen LogP contribution is -2.15. The topological polar surface area (TPSA) is 94.3 Å². The summed E-state index contributed by atoms with van der Waals surface area (Å²) in [6, 6.07) is 8.16. The molecular formula is C19H15ClF3N5O2. The minimum absolute atomic E-state index is 0.0159. The van der Waals surface area contributed by atoms with E-state index >= 15 is 0 Å². The van der Waals surface area contributed by atoms with Gasteiger partial charge in [-0.3, -0.25) is 0 Å². The molecular weight excluding hydrogens is 423 g/mol. The van der Waals surface area contributed by atoms with Crippen LogP contribution in [0.15, 0.2) is 42.7 Å². The number of alkyl halides is 3. The third-order valence-corrected chi connectivity index (χ3v) is 4.57. The number of nitrogens with one attached hydrogen (secondary N) is 2. The van der Waals surface area contributed by atoms with Crippen LogP contribution in [0.4, 0.5) is 41.9 Å². The maximum absolute atomic E-state index is 13.0. The Hall–Kier alpha value is -3.40. The Morgan fingerprint density at radius 3 is 2.37 bits per heavy atom. The Morgan fingerprint density at radius 1 is 0.933 bits per heavy atom. The average Bonchev–Trinajstić information content (AvgIpc) is 2.71. The van der Waals surface area contributed by atoms with Crippen LogP contribution in [-0.4, -0.2) is 23.2 Å². The maximum atomic E-state index is 13.0. The average molecular weight is 438 g/mol. The summed E-state index contributed by atoms with van der Waals surface area (Å²) in [4.78, 5) is 8.10. The molecule has 0 bridgehead atoms. The lowest BCUT2D eigenvalue weighted by atomic mass is 10.2. The van der Waals surface area contributed by atoms with Crippen molar-refractivity contribution in [3.05, 3.63) is 53.3 Å². The number of nitrogen functional groups attached to an aromatic ring is 1. The molecule has 0 aliphatic carbocycles. The smallest absolute Gasteiger partial charge is 0.416 e. The predicted octanol–water partition coefficient (Wildman–Crippen LogP) is 4.99. The summed E-state index contributed by atoms with van der Waals surface area (Å²) in [5.41, 5.74) is 6.02. The van der Waals surface area contributed by atoms with Crippen molar-refractivity contribution in [3.63, 3.8) is 0 Å². The number of rotatable bonds is 4. The Bertz CT molecular complexity index is 1090. The second-order valence-electron chi connectivity index (χ2n) is 6.29. The maximum Gasteiger partial charge on any atom is 0.416 e. The van der Waals surface area contributed by atoms with Crippen molar-refractivity contribution < 1.29 is 22.6 Å². The second-order valence-corrected chi connectivity index (χ2v) is 6.69. The lowest BCUT2D eigenvalue weighted by Gasteiger charge is -2.19. The van der Waals surface area contributed by atoms with E-state index in [4.69, 9.17) is 26.8 Å². The molecule has 0 spiro atoms. The third kappa shape index (κ3) is 4.13. The summed E-state index contributed by atoms with van der Waals surface area (Å²) in [7, 11) is 0. The van der Waals surface area contributed by atoms with Gasteiger partial charge in [0.15, 0.2) is 23.1 Å². The Morgan fingerprint density at radius 2 is 1.63 bits per heavy atom. The van der Waals surface area contributed by atoms with Crippen molar-refractivity contribution >= 4 is 40.3 Å². The van der Waals surface area contributed by atoms with Crippen LogP contribution in [0.2, 0.25) is 5.02 Å². The van der Waals surface area contributed by atoms with Crippen molar-refractivity contribution in [2.45, 2.75) is 6.18 Å². The molecule has 11 heteroatoms. The molecule has 1 aliphatic rings. The Balaban J connectivity index is 1.60. The molecule has 0 saturated carbocycles. The van der Waals surface area contributed by atoms with Crippen LogP contribution < -0.4 is 25.8 Å². The number of nitrogens with two attached hydrogens (primary N) is 1. The van der Waals surface area contributed by atoms with Gasteiger partial charge in [-0.05, 0) is 30.3 Å². The Kier molecular flexibility index (Phi) is 5.17. The Labute approximate surface area is 174 Å². The lowest BCUT2D eigenvalue weighted by molar-refractivity contribution is -0.137. The van der Waals surface area contributed by atoms with Crippen LogP contribution in [0.5, 0.6) is 11.5 Å². The van der Waals surface area contributed by atoms with E-state index in [2.05, 4.69) is 20.6 Å². The monoisotopic (exact) mass is 437 g/mol. The zero-order valence-corrected chi connectivity index (χ0v) is 16.0. The van der Waals surface area contributed by atoms with E-state index in [1.807, 2.05) is 0 Å². The first-order chi connectivity index (χ1) is 14.3. The molecule has 0 saturated heterocycles. The van der Waals surface area contributed by atoms with E-state index in [0.29, 0.717) is 30.4 Å². The van der Waals surface area contributed by atoms with Crippen LogP contribution in [0.25, 0.3) is 0 Å². The molecule has 3 aromatic rings. The highest BCUT2D eigenvalue weighted by molar-refractivity contribution is 6.33. The minimum atomic E-state index is -4.51. The third-order valence-electron chi connectivity index (χ3n) is 4.24. The van der Waals surface area contributed by atoms with Gasteiger partial charge >= 0.3 is 6.18 Å². The van der Waals surface area contributed by atoms with E-state index in [0.717, 1.165) is 18.2 Å². The molecule has 0 amide bonds. The normalized spacial score (nSPS) is 13.1. The van der Waals surface area contributed by atoms with Crippen molar-refractivity contribution in [1.82, 2.24) is 9.97 Å². The van der Waals surface area contributed by atoms with E-state index in [-0.39, 0.29) is 28.0 Å². The van der Waals surface area contributed by atoms with Crippen LogP contribution in [0.3, 0.4) is 0 Å². The summed E-state index contributed by atoms with van der Waals surface area (Å²) >= 11 is 6.03. The van der Waals surface area contributed by atoms with Crippen molar-refractivity contribution in [2.24, 2.45) is 0 Å². The predicted molar refractivity (Wildman–Crippen MR) is 107 cm³/mol. The number of benzene rings is 2. The fourth-order valence-corrected chi connectivity index (χ4v) is 2.94. The minimum Gasteiger partial charge on any atom is -0.486 e. The molecule has 0 unspecified atom stereocenters. The number of nitrogens with zero attached hydrogens (tertiary/aromatic N) is 2. The molecule has 7 nitrogen and oxygen atoms in total. The SMILES string of the molecule is Nc1c(Nc2ccc3c(c2)OCCO3)ncnc1Nc1cc(C(F)(F)F)ccc1Cl. The summed E-state index contributed by atoms with van der Waals surface area (Å²) in [5.74, 6) is 1.57. The summed E-state index contributed by atoms with van der Waals surface area (Å²) in [6.45, 7) is 0.920. The van der Waals surface area contributed by atoms with E-state index < -0.39 is 11.7 Å². The highest BCUT2D eigenvalue weighted by atomic mass is 35.5. The van der Waals surface area contributed by atoms with Crippen LogP contribution >= 0.6 is 11.6 Å². The molecule has 156 valence electrons. The second kappa shape index (κ2) is 7.79. The van der Waals surface area contributed by atoms with E-state index in [1.54, 1.807) is 18.2 Å². The fourth-order valence-electron chi connectivity index (χ4n) is 2.78. The zero-order valence-electron chi connectivity index (χ0n) is 15.3. The number of aromatic nitrogens is 2. The number of hydrogen-bond donors (Lipinski definition) is 3. The largest absolute Gasteiger partial charge is 0.486 e. The van der Waals surface area contributed by atoms with Gasteiger partial charge in [0.25, 0.3) is 0 Å². The van der Waals surface area contributed by atoms with Gasteiger partial charge in [-0.1, -0.05) is 11.6 Å². The first kappa shape index (κ1) is 19.9. The zero-order chi connectivity index (χ0) is 21.3. The first-order valence-corrected chi connectivity index (χ1v) is 9.10. The summed E-state index contributed by atoms with van der Waals surface area (Å²) in [6.07, 6.45) is -3.29. The number of halogens is 4. The molecule has 2 aromatic carbocycles. The number of anilines is 5. The molecule has 1 aliphatic heterocycles. The first-order valence-electron chi connectivity index (χ1n) is 8.72. The highest BCUT2D eigenvalue weighted by Crippen LogP contribution is 2.37. The molecule has 0 atom stereocenters. The number of ether oxygens (including phenoxy) is 2. The molecule has 0 fully saturated rings. The number of fused-ring (bicyclic) bond motifs is 1. The van der Waals surface area contributed by atoms with Crippen LogP contribution in [-0.2, 0) is 6.18 Å². The highest BCUT2D eigenvalue weighted by Gasteiger charge is 2.31. The molecule has 2 heterocycles. The van der Waals surface area contributed by atoms with Gasteiger partial charge in [0.2, 0.25) is 0 Å². The van der Waals surface area contributed by atoms with Gasteiger partial charge in [-0.2, -0.15) is 13.2 Å². The summed E-state index contributed by atoms with van der Waals surface area (Å²) in [5, 5.41) is 5.86. The molecule has 1 aromatic heterocycles. The fraction of sp³-hybridized carbons (Fsp3) is 0.158. The van der Waals surface area contributed by atoms with Crippen LogP contribution in [0, 0.1) is 0 Å². The van der Waals surface area contributed by atoms with Gasteiger partial charge in [-0.15, -0.1) is 0 Å². The quantitative estimate of drug-likeness (QED) is 0.529. The van der Waals surface area contributed by atoms with E-state index in [1.165, 1.54) is 6.33 Å². The molecule has 4 N–H and O–H groups in total. The van der Waals surface area contributed by atoms with Crippen molar-refractivity contribution in [2.75, 3.05) is 29.6 Å². The van der Waals surface area contributed by atoms with Crippen molar-refractivity contribution in [1.29, 1.82) is 0 Å². The van der Waals surface area contributed by atoms with E-state index in [9.17, 15) is 13.2 Å². The standard InChI is InChI=1S/C19H15ClF3N5O2/c20-12-3-1-10(19(21,22)23)7-13(12)28-18-16(24)17(25-9-26-18)27-11-2-4-14-15(8-11)30-6-5-29-14/h1-4,7-9H,5-6,24H2,(H2,25,26,27,28). The van der Waals surface area contributed by atoms with Gasteiger partial charge in [-0.25, -0.2) is 9.97 Å².